The molecule has 0 radical (unpaired) electrons. The maximum atomic E-state index is 12.3. The zero-order chi connectivity index (χ0) is 21.8. The lowest BCUT2D eigenvalue weighted by molar-refractivity contribution is -0.117. The van der Waals surface area contributed by atoms with Crippen molar-refractivity contribution in [2.75, 3.05) is 38.0 Å². The standard InChI is InChI=1S/C22H25ClN6O2/c1-15-3-5-17(6-4-15)21-26-22(31-27-21)16(2)29-11-9-28(10-12-29)14-20(30)25-19-8-7-18(23)13-24-19/h3-8,13,16H,9-12,14H2,1-2H3,(H,24,25,30). The third-order valence-corrected chi connectivity index (χ3v) is 5.65. The van der Waals surface area contributed by atoms with Crippen molar-refractivity contribution in [2.45, 2.75) is 19.9 Å². The van der Waals surface area contributed by atoms with Gasteiger partial charge in [0.1, 0.15) is 5.82 Å². The Kier molecular flexibility index (Phi) is 6.60. The molecule has 1 aliphatic rings. The number of hydrogen-bond donors (Lipinski definition) is 1. The van der Waals surface area contributed by atoms with Crippen LogP contribution in [0.2, 0.25) is 5.02 Å². The van der Waals surface area contributed by atoms with E-state index < -0.39 is 0 Å². The van der Waals surface area contributed by atoms with E-state index in [-0.39, 0.29) is 11.9 Å². The molecule has 1 aliphatic heterocycles. The van der Waals surface area contributed by atoms with E-state index in [1.807, 2.05) is 31.2 Å². The van der Waals surface area contributed by atoms with Crippen LogP contribution in [0, 0.1) is 6.92 Å². The molecule has 8 nitrogen and oxygen atoms in total. The topological polar surface area (TPSA) is 87.4 Å². The van der Waals surface area contributed by atoms with Crippen LogP contribution in [-0.4, -0.2) is 63.6 Å². The Morgan fingerprint density at radius 2 is 1.90 bits per heavy atom. The first-order valence-corrected chi connectivity index (χ1v) is 10.6. The lowest BCUT2D eigenvalue weighted by Gasteiger charge is -2.36. The van der Waals surface area contributed by atoms with Crippen molar-refractivity contribution in [3.8, 4) is 11.4 Å². The number of nitrogens with one attached hydrogen (secondary N) is 1. The third-order valence-electron chi connectivity index (χ3n) is 5.43. The lowest BCUT2D eigenvalue weighted by Crippen LogP contribution is -2.49. The van der Waals surface area contributed by atoms with Crippen molar-refractivity contribution in [1.29, 1.82) is 0 Å². The molecule has 4 rings (SSSR count). The highest BCUT2D eigenvalue weighted by Gasteiger charge is 2.26. The van der Waals surface area contributed by atoms with E-state index in [9.17, 15) is 4.79 Å². The van der Waals surface area contributed by atoms with Crippen LogP contribution in [0.5, 0.6) is 0 Å². The number of pyridine rings is 1. The first-order chi connectivity index (χ1) is 15.0. The molecule has 3 heterocycles. The molecule has 2 aromatic heterocycles. The van der Waals surface area contributed by atoms with Crippen molar-refractivity contribution in [3.05, 3.63) is 59.1 Å². The number of piperazine rings is 1. The van der Waals surface area contributed by atoms with Crippen molar-refractivity contribution < 1.29 is 9.32 Å². The molecule has 3 aromatic rings. The fourth-order valence-corrected chi connectivity index (χ4v) is 3.64. The Labute approximate surface area is 186 Å². The number of anilines is 1. The number of nitrogens with zero attached hydrogens (tertiary/aromatic N) is 5. The number of aryl methyl sites for hydroxylation is 1. The van der Waals surface area contributed by atoms with E-state index in [4.69, 9.17) is 16.1 Å². The highest BCUT2D eigenvalue weighted by Crippen LogP contribution is 2.23. The van der Waals surface area contributed by atoms with Gasteiger partial charge in [0.2, 0.25) is 17.6 Å². The Morgan fingerprint density at radius 3 is 2.58 bits per heavy atom. The Balaban J connectivity index is 1.28. The van der Waals surface area contributed by atoms with Crippen molar-refractivity contribution in [3.63, 3.8) is 0 Å². The van der Waals surface area contributed by atoms with E-state index >= 15 is 0 Å². The van der Waals surface area contributed by atoms with Gasteiger partial charge in [-0.25, -0.2) is 4.98 Å². The Morgan fingerprint density at radius 1 is 1.16 bits per heavy atom. The molecule has 9 heteroatoms. The Hall–Kier alpha value is -2.81. The molecule has 0 bridgehead atoms. The summed E-state index contributed by atoms with van der Waals surface area (Å²) in [6, 6.07) is 11.5. The van der Waals surface area contributed by atoms with Gasteiger partial charge >= 0.3 is 0 Å². The molecular weight excluding hydrogens is 416 g/mol. The summed E-state index contributed by atoms with van der Waals surface area (Å²) in [4.78, 5) is 25.4. The summed E-state index contributed by atoms with van der Waals surface area (Å²) in [6.45, 7) is 7.64. The van der Waals surface area contributed by atoms with E-state index in [1.165, 1.54) is 11.8 Å². The number of amides is 1. The molecule has 1 aromatic carbocycles. The molecule has 1 fully saturated rings. The third kappa shape index (κ3) is 5.46. The molecular formula is C22H25ClN6O2. The van der Waals surface area contributed by atoms with Gasteiger partial charge in [0.15, 0.2) is 0 Å². The average molecular weight is 441 g/mol. The van der Waals surface area contributed by atoms with Crippen LogP contribution in [0.1, 0.15) is 24.4 Å². The minimum Gasteiger partial charge on any atom is -0.337 e. The zero-order valence-corrected chi connectivity index (χ0v) is 18.3. The predicted molar refractivity (Wildman–Crippen MR) is 119 cm³/mol. The van der Waals surface area contributed by atoms with Crippen LogP contribution >= 0.6 is 11.6 Å². The van der Waals surface area contributed by atoms with Crippen LogP contribution in [0.15, 0.2) is 47.1 Å². The number of carbonyl (C=O) groups excluding carboxylic acids is 1. The molecule has 1 saturated heterocycles. The first-order valence-electron chi connectivity index (χ1n) is 10.3. The summed E-state index contributed by atoms with van der Waals surface area (Å²) in [5.74, 6) is 1.63. The summed E-state index contributed by atoms with van der Waals surface area (Å²) in [5, 5.41) is 7.48. The lowest BCUT2D eigenvalue weighted by atomic mass is 10.1. The molecule has 0 spiro atoms. The number of benzene rings is 1. The minimum absolute atomic E-state index is 0.0148. The quantitative estimate of drug-likeness (QED) is 0.628. The number of rotatable bonds is 6. The van der Waals surface area contributed by atoms with Crippen LogP contribution in [0.3, 0.4) is 0 Å². The van der Waals surface area contributed by atoms with Crippen LogP contribution in [-0.2, 0) is 4.79 Å². The second kappa shape index (κ2) is 9.55. The molecule has 1 amide bonds. The van der Waals surface area contributed by atoms with Crippen LogP contribution in [0.4, 0.5) is 5.82 Å². The van der Waals surface area contributed by atoms with Crippen LogP contribution < -0.4 is 5.32 Å². The van der Waals surface area contributed by atoms with Crippen molar-refractivity contribution in [1.82, 2.24) is 24.9 Å². The van der Waals surface area contributed by atoms with Crippen molar-refractivity contribution in [2.24, 2.45) is 0 Å². The second-order valence-corrected chi connectivity index (χ2v) is 8.16. The fraction of sp³-hybridized carbons (Fsp3) is 0.364. The van der Waals surface area contributed by atoms with Gasteiger partial charge in [0, 0.05) is 37.9 Å². The number of halogens is 1. The second-order valence-electron chi connectivity index (χ2n) is 7.72. The van der Waals surface area contributed by atoms with Gasteiger partial charge in [-0.15, -0.1) is 0 Å². The molecule has 1 N–H and O–H groups in total. The molecule has 0 aliphatic carbocycles. The van der Waals surface area contributed by atoms with Gasteiger partial charge in [-0.2, -0.15) is 4.98 Å². The highest BCUT2D eigenvalue weighted by atomic mass is 35.5. The maximum Gasteiger partial charge on any atom is 0.244 e. The van der Waals surface area contributed by atoms with Gasteiger partial charge < -0.3 is 9.84 Å². The maximum absolute atomic E-state index is 12.3. The minimum atomic E-state index is -0.0871. The normalized spacial score (nSPS) is 16.2. The fourth-order valence-electron chi connectivity index (χ4n) is 3.52. The molecule has 0 saturated carbocycles. The first kappa shape index (κ1) is 21.4. The summed E-state index contributed by atoms with van der Waals surface area (Å²) in [6.07, 6.45) is 1.51. The summed E-state index contributed by atoms with van der Waals surface area (Å²) in [7, 11) is 0. The average Bonchev–Trinajstić information content (AvgIpc) is 3.26. The smallest absolute Gasteiger partial charge is 0.244 e. The molecule has 1 atom stereocenters. The highest BCUT2D eigenvalue weighted by molar-refractivity contribution is 6.30. The number of aromatic nitrogens is 3. The van der Waals surface area contributed by atoms with E-state index in [0.29, 0.717) is 29.1 Å². The monoisotopic (exact) mass is 440 g/mol. The summed E-state index contributed by atoms with van der Waals surface area (Å²) >= 11 is 5.82. The molecule has 31 heavy (non-hydrogen) atoms. The Bertz CT molecular complexity index is 1010. The summed E-state index contributed by atoms with van der Waals surface area (Å²) in [5.41, 5.74) is 2.13. The van der Waals surface area contributed by atoms with Crippen LogP contribution in [0.25, 0.3) is 11.4 Å². The van der Waals surface area contributed by atoms with Gasteiger partial charge in [-0.3, -0.25) is 14.6 Å². The summed E-state index contributed by atoms with van der Waals surface area (Å²) < 4.78 is 5.53. The van der Waals surface area contributed by atoms with Gasteiger partial charge in [-0.1, -0.05) is 46.6 Å². The van der Waals surface area contributed by atoms with E-state index in [0.717, 1.165) is 31.7 Å². The largest absolute Gasteiger partial charge is 0.337 e. The number of carbonyl (C=O) groups is 1. The van der Waals surface area contributed by atoms with E-state index in [2.05, 4.69) is 37.2 Å². The zero-order valence-electron chi connectivity index (χ0n) is 17.6. The molecule has 1 unspecified atom stereocenters. The number of hydrogen-bond acceptors (Lipinski definition) is 7. The van der Waals surface area contributed by atoms with Gasteiger partial charge in [-0.05, 0) is 26.0 Å². The molecule has 162 valence electrons. The predicted octanol–water partition coefficient (Wildman–Crippen LogP) is 3.41. The van der Waals surface area contributed by atoms with Gasteiger partial charge in [0.05, 0.1) is 17.6 Å². The van der Waals surface area contributed by atoms with Gasteiger partial charge in [0.25, 0.3) is 0 Å². The van der Waals surface area contributed by atoms with E-state index in [1.54, 1.807) is 12.1 Å². The van der Waals surface area contributed by atoms with Crippen molar-refractivity contribution >= 4 is 23.3 Å². The SMILES string of the molecule is Cc1ccc(-c2noc(C(C)N3CCN(CC(=O)Nc4ccc(Cl)cn4)CC3)n2)cc1.